The quantitative estimate of drug-likeness (QED) is 0.299. The van der Waals surface area contributed by atoms with Crippen LogP contribution in [0.25, 0.3) is 0 Å². The van der Waals surface area contributed by atoms with Gasteiger partial charge >= 0.3 is 10.4 Å². The second-order valence-electron chi connectivity index (χ2n) is 2.73. The van der Waals surface area contributed by atoms with Gasteiger partial charge in [-0.2, -0.15) is 16.8 Å². The normalized spacial score (nSPS) is 11.3. The first-order chi connectivity index (χ1) is 8.47. The summed E-state index contributed by atoms with van der Waals surface area (Å²) >= 11 is 0. The lowest BCUT2D eigenvalue weighted by molar-refractivity contribution is -0.384. The molecule has 1 rings (SSSR count). The van der Waals surface area contributed by atoms with E-state index in [2.05, 4.69) is 4.33 Å². The third kappa shape index (κ3) is 7.39. The molecule has 11 nitrogen and oxygen atoms in total. The third-order valence-corrected chi connectivity index (χ3v) is 2.50. The van der Waals surface area contributed by atoms with Gasteiger partial charge in [0.15, 0.2) is 0 Å². The SMILES string of the molecule is O=S(=O)(O)OO.O=[N+]([O-])c1ccc(S(=O)(=O)O)cc1. The number of nitro groups is 1. The minimum Gasteiger partial charge on any atom is -0.282 e. The van der Waals surface area contributed by atoms with Crippen molar-refractivity contribution in [1.29, 1.82) is 0 Å². The second-order valence-corrected chi connectivity index (χ2v) is 5.15. The average molecular weight is 317 g/mol. The zero-order valence-corrected chi connectivity index (χ0v) is 10.4. The standard InChI is InChI=1S/C6H5NO5S.H2O5S/c8-7(9)5-1-3-6(4-2-5)13(10,11)12;1-5-6(2,3)4/h1-4H,(H,10,11,12);1H,(H,2,3,4). The second kappa shape index (κ2) is 6.50. The summed E-state index contributed by atoms with van der Waals surface area (Å²) in [4.78, 5) is 9.13. The highest BCUT2D eigenvalue weighted by molar-refractivity contribution is 7.85. The van der Waals surface area contributed by atoms with Gasteiger partial charge in [-0.3, -0.25) is 19.2 Å². The maximum atomic E-state index is 10.5. The van der Waals surface area contributed by atoms with E-state index >= 15 is 0 Å². The zero-order valence-electron chi connectivity index (χ0n) is 8.77. The van der Waals surface area contributed by atoms with Gasteiger partial charge in [0, 0.05) is 12.1 Å². The number of hydrogen-bond donors (Lipinski definition) is 3. The van der Waals surface area contributed by atoms with Crippen LogP contribution in [0.2, 0.25) is 0 Å². The highest BCUT2D eigenvalue weighted by Gasteiger charge is 2.11. The van der Waals surface area contributed by atoms with Crippen molar-refractivity contribution in [2.24, 2.45) is 0 Å². The maximum Gasteiger partial charge on any atom is 0.423 e. The van der Waals surface area contributed by atoms with E-state index in [9.17, 15) is 18.5 Å². The van der Waals surface area contributed by atoms with Crippen LogP contribution in [-0.4, -0.2) is 36.1 Å². The molecule has 0 amide bonds. The Morgan fingerprint density at radius 1 is 1.05 bits per heavy atom. The predicted octanol–water partition coefficient (Wildman–Crippen LogP) is 0.120. The summed E-state index contributed by atoms with van der Waals surface area (Å²) in [5.41, 5.74) is -0.229. The van der Waals surface area contributed by atoms with E-state index in [0.717, 1.165) is 24.3 Å². The maximum absolute atomic E-state index is 10.5. The average Bonchev–Trinajstić information content (AvgIpc) is 2.28. The minimum atomic E-state index is -4.61. The lowest BCUT2D eigenvalue weighted by Crippen LogP contribution is -1.97. The molecule has 1 aromatic carbocycles. The molecule has 0 aliphatic carbocycles. The van der Waals surface area contributed by atoms with E-state index in [1.165, 1.54) is 0 Å². The van der Waals surface area contributed by atoms with Gasteiger partial charge < -0.3 is 0 Å². The van der Waals surface area contributed by atoms with Crippen molar-refractivity contribution < 1.29 is 40.5 Å². The Labute approximate surface area is 106 Å². The van der Waals surface area contributed by atoms with Gasteiger partial charge in [0.2, 0.25) is 0 Å². The molecule has 1 aromatic rings. The smallest absolute Gasteiger partial charge is 0.282 e. The Balaban J connectivity index is 0.000000459. The molecule has 108 valence electrons. The summed E-state index contributed by atoms with van der Waals surface area (Å²) in [6.07, 6.45) is 0. The summed E-state index contributed by atoms with van der Waals surface area (Å²) in [7, 11) is -8.87. The van der Waals surface area contributed by atoms with E-state index < -0.39 is 25.4 Å². The molecule has 3 N–H and O–H groups in total. The highest BCUT2D eigenvalue weighted by Crippen LogP contribution is 2.14. The summed E-state index contributed by atoms with van der Waals surface area (Å²) in [6, 6.07) is 3.94. The van der Waals surface area contributed by atoms with Crippen LogP contribution in [0.3, 0.4) is 0 Å². The molecular weight excluding hydrogens is 310 g/mol. The van der Waals surface area contributed by atoms with Gasteiger partial charge in [-0.1, -0.05) is 4.33 Å². The van der Waals surface area contributed by atoms with E-state index in [-0.39, 0.29) is 10.6 Å². The fourth-order valence-electron chi connectivity index (χ4n) is 0.740. The van der Waals surface area contributed by atoms with Gasteiger partial charge in [-0.25, -0.2) is 5.26 Å². The molecule has 0 bridgehead atoms. The van der Waals surface area contributed by atoms with Crippen molar-refractivity contribution in [1.82, 2.24) is 0 Å². The van der Waals surface area contributed by atoms with Gasteiger partial charge in [0.25, 0.3) is 15.8 Å². The molecule has 0 radical (unpaired) electrons. The minimum absolute atomic E-state index is 0.229. The molecule has 0 aromatic heterocycles. The lowest BCUT2D eigenvalue weighted by atomic mass is 10.3. The van der Waals surface area contributed by atoms with Crippen molar-refractivity contribution >= 4 is 26.2 Å². The summed E-state index contributed by atoms with van der Waals surface area (Å²) < 4.78 is 57.5. The fourth-order valence-corrected chi connectivity index (χ4v) is 1.22. The molecule has 0 spiro atoms. The number of non-ortho nitro benzene ring substituents is 1. The van der Waals surface area contributed by atoms with Gasteiger partial charge in [-0.15, -0.1) is 0 Å². The van der Waals surface area contributed by atoms with E-state index in [1.807, 2.05) is 0 Å². The van der Waals surface area contributed by atoms with Crippen LogP contribution in [0.5, 0.6) is 0 Å². The molecule has 0 saturated carbocycles. The first-order valence-electron chi connectivity index (χ1n) is 4.00. The zero-order chi connectivity index (χ0) is 15.3. The van der Waals surface area contributed by atoms with Crippen LogP contribution in [0.1, 0.15) is 0 Å². The molecule has 0 atom stereocenters. The van der Waals surface area contributed by atoms with Gasteiger partial charge in [0.05, 0.1) is 9.82 Å². The lowest BCUT2D eigenvalue weighted by Gasteiger charge is -1.94. The van der Waals surface area contributed by atoms with Gasteiger partial charge in [-0.05, 0) is 12.1 Å². The molecule has 0 unspecified atom stereocenters. The predicted molar refractivity (Wildman–Crippen MR) is 58.2 cm³/mol. The molecule has 0 saturated heterocycles. The molecule has 19 heavy (non-hydrogen) atoms. The largest absolute Gasteiger partial charge is 0.423 e. The molecule has 0 fully saturated rings. The topological polar surface area (TPSA) is 181 Å². The Bertz CT molecular complexity index is 631. The molecule has 0 heterocycles. The van der Waals surface area contributed by atoms with E-state index in [1.54, 1.807) is 0 Å². The van der Waals surface area contributed by atoms with Crippen LogP contribution < -0.4 is 0 Å². The Morgan fingerprint density at radius 2 is 1.42 bits per heavy atom. The van der Waals surface area contributed by atoms with Crippen LogP contribution in [-0.2, 0) is 24.9 Å². The van der Waals surface area contributed by atoms with Crippen molar-refractivity contribution in [2.45, 2.75) is 4.90 Å². The van der Waals surface area contributed by atoms with Crippen molar-refractivity contribution in [3.05, 3.63) is 34.4 Å². The van der Waals surface area contributed by atoms with Crippen LogP contribution in [0.4, 0.5) is 5.69 Å². The third-order valence-electron chi connectivity index (χ3n) is 1.44. The number of benzene rings is 1. The number of nitrogens with zero attached hydrogens (tertiary/aromatic N) is 1. The molecule has 13 heteroatoms. The van der Waals surface area contributed by atoms with Crippen molar-refractivity contribution in [2.75, 3.05) is 0 Å². The summed E-state index contributed by atoms with van der Waals surface area (Å²) in [5.74, 6) is 0. The monoisotopic (exact) mass is 317 g/mol. The van der Waals surface area contributed by atoms with Crippen molar-refractivity contribution in [3.8, 4) is 0 Å². The molecular formula is C6H7NO10S2. The van der Waals surface area contributed by atoms with E-state index in [0.29, 0.717) is 0 Å². The first kappa shape index (κ1) is 17.4. The Morgan fingerprint density at radius 3 is 1.63 bits per heavy atom. The molecule has 0 aliphatic heterocycles. The summed E-state index contributed by atoms with van der Waals surface area (Å²) in [5, 5.41) is 17.2. The Hall–Kier alpha value is -1.64. The Kier molecular flexibility index (Phi) is 5.94. The summed E-state index contributed by atoms with van der Waals surface area (Å²) in [6.45, 7) is 0. The molecule has 0 aliphatic rings. The number of rotatable bonds is 3. The highest BCUT2D eigenvalue weighted by atomic mass is 32.3. The van der Waals surface area contributed by atoms with E-state index in [4.69, 9.17) is 22.8 Å². The van der Waals surface area contributed by atoms with Crippen LogP contribution in [0, 0.1) is 10.1 Å². The van der Waals surface area contributed by atoms with Crippen LogP contribution in [0.15, 0.2) is 29.2 Å². The van der Waals surface area contributed by atoms with Gasteiger partial charge in [0.1, 0.15) is 0 Å². The van der Waals surface area contributed by atoms with Crippen LogP contribution >= 0.6 is 0 Å². The fraction of sp³-hybridized carbons (Fsp3) is 0. The number of nitro benzene ring substituents is 1. The van der Waals surface area contributed by atoms with Crippen molar-refractivity contribution in [3.63, 3.8) is 0 Å². The first-order valence-corrected chi connectivity index (χ1v) is 6.80. The number of hydrogen-bond acceptors (Lipinski definition) is 8.